The van der Waals surface area contributed by atoms with E-state index >= 15 is 0 Å². The second kappa shape index (κ2) is 7.80. The summed E-state index contributed by atoms with van der Waals surface area (Å²) in [5.41, 5.74) is 2.28. The number of benzene rings is 3. The molecule has 29 heavy (non-hydrogen) atoms. The summed E-state index contributed by atoms with van der Waals surface area (Å²) in [6.07, 6.45) is 0.698. The van der Waals surface area contributed by atoms with Gasteiger partial charge in [-0.1, -0.05) is 48.0 Å². The number of carbonyl (C=O) groups is 1. The predicted molar refractivity (Wildman–Crippen MR) is 115 cm³/mol. The molecular weight excluding hydrogens is 386 g/mol. The van der Waals surface area contributed by atoms with Gasteiger partial charge < -0.3 is 14.8 Å². The lowest BCUT2D eigenvalue weighted by Crippen LogP contribution is -2.22. The van der Waals surface area contributed by atoms with Gasteiger partial charge in [-0.15, -0.1) is 0 Å². The summed E-state index contributed by atoms with van der Waals surface area (Å²) in [6.45, 7) is 0. The summed E-state index contributed by atoms with van der Waals surface area (Å²) >= 11 is 6.23. The number of rotatable bonds is 6. The first-order chi connectivity index (χ1) is 14.1. The Bertz CT molecular complexity index is 1000. The number of amides is 1. The number of carbonyl (C=O) groups excluding carboxylic acids is 1. The molecule has 1 aliphatic carbocycles. The van der Waals surface area contributed by atoms with E-state index in [0.717, 1.165) is 22.6 Å². The van der Waals surface area contributed by atoms with Crippen LogP contribution in [0.25, 0.3) is 0 Å². The highest BCUT2D eigenvalue weighted by atomic mass is 35.5. The van der Waals surface area contributed by atoms with Gasteiger partial charge in [0.05, 0.1) is 30.8 Å². The molecular formula is C24H22ClNO3. The molecule has 0 aromatic heterocycles. The van der Waals surface area contributed by atoms with Crippen LogP contribution in [-0.2, 0) is 10.2 Å². The lowest BCUT2D eigenvalue weighted by atomic mass is 9.85. The first-order valence-electron chi connectivity index (χ1n) is 9.43. The molecule has 0 saturated heterocycles. The predicted octanol–water partition coefficient (Wildman–Crippen LogP) is 5.30. The van der Waals surface area contributed by atoms with Crippen molar-refractivity contribution in [3.63, 3.8) is 0 Å². The second-order valence-electron chi connectivity index (χ2n) is 7.16. The molecule has 1 aliphatic rings. The van der Waals surface area contributed by atoms with Crippen LogP contribution in [0.15, 0.2) is 72.8 Å². The third kappa shape index (κ3) is 3.56. The van der Waals surface area contributed by atoms with Gasteiger partial charge in [-0.3, -0.25) is 4.79 Å². The summed E-state index contributed by atoms with van der Waals surface area (Å²) in [4.78, 5) is 13.2. The molecule has 0 spiro atoms. The van der Waals surface area contributed by atoms with Crippen molar-refractivity contribution in [3.8, 4) is 11.5 Å². The molecule has 0 heterocycles. The first-order valence-corrected chi connectivity index (χ1v) is 9.81. The van der Waals surface area contributed by atoms with Crippen molar-refractivity contribution >= 4 is 23.2 Å². The molecule has 5 heteroatoms. The minimum absolute atomic E-state index is 0.0521. The molecule has 0 aliphatic heterocycles. The molecule has 0 radical (unpaired) electrons. The van der Waals surface area contributed by atoms with Crippen LogP contribution in [0.2, 0.25) is 5.02 Å². The number of anilines is 1. The van der Waals surface area contributed by atoms with Crippen LogP contribution in [0.1, 0.15) is 17.5 Å². The zero-order valence-corrected chi connectivity index (χ0v) is 17.1. The summed E-state index contributed by atoms with van der Waals surface area (Å²) in [5, 5.41) is 3.51. The fourth-order valence-electron chi connectivity index (χ4n) is 3.97. The largest absolute Gasteiger partial charge is 0.497 e. The lowest BCUT2D eigenvalue weighted by molar-refractivity contribution is -0.117. The maximum atomic E-state index is 13.2. The minimum atomic E-state index is -0.436. The Labute approximate surface area is 175 Å². The molecule has 3 aromatic carbocycles. The Hall–Kier alpha value is -2.98. The van der Waals surface area contributed by atoms with E-state index in [9.17, 15) is 4.79 Å². The van der Waals surface area contributed by atoms with Gasteiger partial charge in [0.25, 0.3) is 0 Å². The molecule has 3 aromatic rings. The quantitative estimate of drug-likeness (QED) is 0.603. The third-order valence-corrected chi connectivity index (χ3v) is 5.91. The van der Waals surface area contributed by atoms with Gasteiger partial charge in [-0.05, 0) is 53.9 Å². The SMILES string of the molecule is COc1cccc(C2(c3cccc(OC)c3)C[C@@H]2C(=O)Nc2ccccc2Cl)c1. The normalized spacial score (nSPS) is 16.7. The number of halogens is 1. The third-order valence-electron chi connectivity index (χ3n) is 5.58. The molecule has 1 amide bonds. The molecule has 1 fully saturated rings. The Morgan fingerprint density at radius 2 is 1.52 bits per heavy atom. The maximum Gasteiger partial charge on any atom is 0.228 e. The summed E-state index contributed by atoms with van der Waals surface area (Å²) in [6, 6.07) is 23.1. The van der Waals surface area contributed by atoms with Crippen LogP contribution in [0, 0.1) is 5.92 Å². The van der Waals surface area contributed by atoms with Crippen LogP contribution < -0.4 is 14.8 Å². The maximum absolute atomic E-state index is 13.2. The van der Waals surface area contributed by atoms with Gasteiger partial charge in [-0.25, -0.2) is 0 Å². The van der Waals surface area contributed by atoms with E-state index in [-0.39, 0.29) is 11.8 Å². The molecule has 1 saturated carbocycles. The molecule has 0 unspecified atom stereocenters. The fraction of sp³-hybridized carbons (Fsp3) is 0.208. The Balaban J connectivity index is 1.73. The van der Waals surface area contributed by atoms with Crippen LogP contribution in [0.4, 0.5) is 5.69 Å². The van der Waals surface area contributed by atoms with Crippen LogP contribution in [0.3, 0.4) is 0 Å². The van der Waals surface area contributed by atoms with Crippen LogP contribution in [-0.4, -0.2) is 20.1 Å². The number of methoxy groups -OCH3 is 2. The Kier molecular flexibility index (Phi) is 5.20. The first kappa shape index (κ1) is 19.3. The summed E-state index contributed by atoms with van der Waals surface area (Å²) in [7, 11) is 3.29. The van der Waals surface area contributed by atoms with Gasteiger partial charge in [0.1, 0.15) is 11.5 Å². The van der Waals surface area contributed by atoms with E-state index in [0.29, 0.717) is 17.1 Å². The fourth-order valence-corrected chi connectivity index (χ4v) is 4.15. The van der Waals surface area contributed by atoms with E-state index in [1.165, 1.54) is 0 Å². The highest BCUT2D eigenvalue weighted by molar-refractivity contribution is 6.33. The van der Waals surface area contributed by atoms with Crippen molar-refractivity contribution in [3.05, 3.63) is 88.9 Å². The second-order valence-corrected chi connectivity index (χ2v) is 7.57. The van der Waals surface area contributed by atoms with E-state index < -0.39 is 5.41 Å². The van der Waals surface area contributed by atoms with Crippen LogP contribution in [0.5, 0.6) is 11.5 Å². The number of hydrogen-bond acceptors (Lipinski definition) is 3. The number of ether oxygens (including phenoxy) is 2. The number of nitrogens with one attached hydrogen (secondary N) is 1. The van der Waals surface area contributed by atoms with Crippen molar-refractivity contribution in [2.45, 2.75) is 11.8 Å². The number of hydrogen-bond donors (Lipinski definition) is 1. The van der Waals surface area contributed by atoms with Gasteiger partial charge in [0.15, 0.2) is 0 Å². The topological polar surface area (TPSA) is 47.6 Å². The summed E-state index contributed by atoms with van der Waals surface area (Å²) < 4.78 is 10.8. The minimum Gasteiger partial charge on any atom is -0.497 e. The highest BCUT2D eigenvalue weighted by Crippen LogP contribution is 2.60. The molecule has 4 nitrogen and oxygen atoms in total. The molecule has 148 valence electrons. The van der Waals surface area contributed by atoms with Crippen LogP contribution >= 0.6 is 11.6 Å². The van der Waals surface area contributed by atoms with E-state index in [2.05, 4.69) is 5.32 Å². The van der Waals surface area contributed by atoms with Crippen molar-refractivity contribution in [2.24, 2.45) is 5.92 Å². The standard InChI is InChI=1S/C24H22ClNO3/c1-28-18-9-5-7-16(13-18)24(17-8-6-10-19(14-17)29-2)15-20(24)23(27)26-22-12-4-3-11-21(22)25/h3-14,20H,15H2,1-2H3,(H,26,27)/t20-/m1/s1. The lowest BCUT2D eigenvalue weighted by Gasteiger charge is -2.20. The van der Waals surface area contributed by atoms with Gasteiger partial charge in [-0.2, -0.15) is 0 Å². The van der Waals surface area contributed by atoms with E-state index in [4.69, 9.17) is 21.1 Å². The average Bonchev–Trinajstić information content (AvgIpc) is 3.53. The zero-order chi connectivity index (χ0) is 20.4. The monoisotopic (exact) mass is 407 g/mol. The van der Waals surface area contributed by atoms with Crippen molar-refractivity contribution in [1.29, 1.82) is 0 Å². The van der Waals surface area contributed by atoms with Gasteiger partial charge in [0, 0.05) is 5.41 Å². The van der Waals surface area contributed by atoms with Gasteiger partial charge >= 0.3 is 0 Å². The van der Waals surface area contributed by atoms with Crippen molar-refractivity contribution < 1.29 is 14.3 Å². The van der Waals surface area contributed by atoms with Crippen molar-refractivity contribution in [1.82, 2.24) is 0 Å². The van der Waals surface area contributed by atoms with Crippen molar-refractivity contribution in [2.75, 3.05) is 19.5 Å². The zero-order valence-electron chi connectivity index (χ0n) is 16.3. The smallest absolute Gasteiger partial charge is 0.228 e. The van der Waals surface area contributed by atoms with E-state index in [1.54, 1.807) is 26.4 Å². The van der Waals surface area contributed by atoms with Gasteiger partial charge in [0.2, 0.25) is 5.91 Å². The molecule has 4 rings (SSSR count). The average molecular weight is 408 g/mol. The molecule has 0 bridgehead atoms. The highest BCUT2D eigenvalue weighted by Gasteiger charge is 2.60. The Morgan fingerprint density at radius 1 is 0.931 bits per heavy atom. The van der Waals surface area contributed by atoms with E-state index in [1.807, 2.05) is 60.7 Å². The summed E-state index contributed by atoms with van der Waals surface area (Å²) in [5.74, 6) is 1.26. The Morgan fingerprint density at radius 3 is 2.07 bits per heavy atom. The number of para-hydroxylation sites is 1. The molecule has 1 atom stereocenters. The molecule has 1 N–H and O–H groups in total.